The molecule has 0 spiro atoms. The maximum absolute atomic E-state index is 14.3. The van der Waals surface area contributed by atoms with Gasteiger partial charge in [0.15, 0.2) is 0 Å². The van der Waals surface area contributed by atoms with E-state index in [1.807, 2.05) is 44.7 Å². The van der Waals surface area contributed by atoms with Crippen LogP contribution >= 0.6 is 0 Å². The minimum Gasteiger partial charge on any atom is -0.391 e. The maximum atomic E-state index is 14.3. The van der Waals surface area contributed by atoms with Gasteiger partial charge in [-0.3, -0.25) is 9.59 Å². The highest BCUT2D eigenvalue weighted by Crippen LogP contribution is 2.44. The van der Waals surface area contributed by atoms with Gasteiger partial charge < -0.3 is 21.1 Å². The van der Waals surface area contributed by atoms with E-state index in [1.165, 1.54) is 17.7 Å². The normalized spacial score (nSPS) is 18.2. The fourth-order valence-corrected chi connectivity index (χ4v) is 6.29. The van der Waals surface area contributed by atoms with Gasteiger partial charge in [-0.2, -0.15) is 0 Å². The molecular weight excluding hydrogens is 560 g/mol. The van der Waals surface area contributed by atoms with E-state index in [0.717, 1.165) is 18.1 Å². The molecule has 0 aliphatic heterocycles. The molecule has 0 bridgehead atoms. The number of hydrogen-bond acceptors (Lipinski definition) is 4. The van der Waals surface area contributed by atoms with Crippen molar-refractivity contribution in [2.45, 2.75) is 73.5 Å². The van der Waals surface area contributed by atoms with Gasteiger partial charge in [0, 0.05) is 43.7 Å². The minimum absolute atomic E-state index is 0.0245. The number of aliphatic hydroxyl groups is 1. The summed E-state index contributed by atoms with van der Waals surface area (Å²) >= 11 is 0. The molecule has 240 valence electrons. The Morgan fingerprint density at radius 1 is 1.00 bits per heavy atom. The van der Waals surface area contributed by atoms with Crippen LogP contribution in [0.3, 0.4) is 0 Å². The molecule has 6 nitrogen and oxygen atoms in total. The summed E-state index contributed by atoms with van der Waals surface area (Å²) in [6.45, 7) is 13.7. The summed E-state index contributed by atoms with van der Waals surface area (Å²) in [4.78, 5) is 29.3. The van der Waals surface area contributed by atoms with Crippen molar-refractivity contribution in [2.24, 2.45) is 28.9 Å². The summed E-state index contributed by atoms with van der Waals surface area (Å²) in [5.41, 5.74) is 8.30. The SMILES string of the molecule is CCc1cccc(CNC[C@H](O)[C@@H](Cc2cc(F)cc(F)c2)C2(C(N)=O)C=C(C)C=C(C(=O)N(CC(C)C)CC(C)C)C2)c1. The standard InChI is InChI=1S/C36H49F2N3O3/c1-7-26-9-8-10-27(12-26)19-40-20-33(42)32(15-28-13-30(37)16-31(38)14-28)36(35(39)44)17-25(6)11-29(18-36)34(43)41(21-23(2)3)22-24(4)5/h8-14,16-17,23-24,32-33,40,42H,7,15,18-22H2,1-6H3,(H2,39,44)/t32-,33+,36?/m1/s1. The van der Waals surface area contributed by atoms with Crippen molar-refractivity contribution in [3.05, 3.63) is 94.1 Å². The zero-order chi connectivity index (χ0) is 32.6. The molecule has 3 rings (SSSR count). The minimum atomic E-state index is -1.48. The fraction of sp³-hybridized carbons (Fsp3) is 0.500. The van der Waals surface area contributed by atoms with Crippen molar-refractivity contribution >= 4 is 11.8 Å². The number of nitrogens with one attached hydrogen (secondary N) is 1. The van der Waals surface area contributed by atoms with E-state index in [9.17, 15) is 23.5 Å². The number of nitrogens with zero attached hydrogens (tertiary/aromatic N) is 1. The summed E-state index contributed by atoms with van der Waals surface area (Å²) in [5.74, 6) is -2.79. The third-order valence-corrected chi connectivity index (χ3v) is 8.15. The van der Waals surface area contributed by atoms with E-state index in [0.29, 0.717) is 30.8 Å². The third kappa shape index (κ3) is 9.32. The Kier molecular flexibility index (Phi) is 12.4. The maximum Gasteiger partial charge on any atom is 0.249 e. The van der Waals surface area contributed by atoms with Crippen molar-refractivity contribution in [3.8, 4) is 0 Å². The topological polar surface area (TPSA) is 95.7 Å². The monoisotopic (exact) mass is 609 g/mol. The number of aliphatic hydroxyl groups excluding tert-OH is 1. The lowest BCUT2D eigenvalue weighted by Gasteiger charge is -2.42. The molecule has 2 aromatic carbocycles. The van der Waals surface area contributed by atoms with E-state index < -0.39 is 35.0 Å². The molecule has 2 amide bonds. The van der Waals surface area contributed by atoms with E-state index in [1.54, 1.807) is 19.1 Å². The van der Waals surface area contributed by atoms with E-state index in [4.69, 9.17) is 5.73 Å². The summed E-state index contributed by atoms with van der Waals surface area (Å²) in [5, 5.41) is 15.0. The summed E-state index contributed by atoms with van der Waals surface area (Å²) in [7, 11) is 0. The van der Waals surface area contributed by atoms with Crippen molar-refractivity contribution in [3.63, 3.8) is 0 Å². The number of halogens is 2. The number of aryl methyl sites for hydroxylation is 1. The predicted molar refractivity (Wildman–Crippen MR) is 171 cm³/mol. The van der Waals surface area contributed by atoms with Gasteiger partial charge in [0.25, 0.3) is 0 Å². The van der Waals surface area contributed by atoms with Crippen LogP contribution in [-0.2, 0) is 29.0 Å². The van der Waals surface area contributed by atoms with Crippen LogP contribution in [0.1, 0.15) is 64.7 Å². The number of primary amides is 1. The second-order valence-electron chi connectivity index (χ2n) is 13.1. The first kappa shape index (κ1) is 35.1. The molecule has 2 aromatic rings. The highest BCUT2D eigenvalue weighted by atomic mass is 19.1. The molecule has 1 unspecified atom stereocenters. The van der Waals surface area contributed by atoms with Gasteiger partial charge in [-0.15, -0.1) is 0 Å². The number of benzene rings is 2. The van der Waals surface area contributed by atoms with Crippen LogP contribution in [-0.4, -0.2) is 47.6 Å². The van der Waals surface area contributed by atoms with Gasteiger partial charge in [0.1, 0.15) is 11.6 Å². The number of amides is 2. The smallest absolute Gasteiger partial charge is 0.249 e. The molecule has 4 N–H and O–H groups in total. The van der Waals surface area contributed by atoms with Crippen LogP contribution in [0.5, 0.6) is 0 Å². The van der Waals surface area contributed by atoms with Gasteiger partial charge in [0.05, 0.1) is 11.5 Å². The summed E-state index contributed by atoms with van der Waals surface area (Å²) in [6.07, 6.45) is 3.21. The zero-order valence-electron chi connectivity index (χ0n) is 27.0. The second kappa shape index (κ2) is 15.6. The molecular formula is C36H49F2N3O3. The first-order chi connectivity index (χ1) is 20.7. The van der Waals surface area contributed by atoms with Crippen LogP contribution in [0.4, 0.5) is 8.78 Å². The fourth-order valence-electron chi connectivity index (χ4n) is 6.29. The molecule has 3 atom stereocenters. The van der Waals surface area contributed by atoms with E-state index >= 15 is 0 Å². The average molecular weight is 610 g/mol. The Morgan fingerprint density at radius 3 is 2.18 bits per heavy atom. The number of hydrogen-bond donors (Lipinski definition) is 3. The molecule has 0 heterocycles. The quantitative estimate of drug-likeness (QED) is 0.241. The van der Waals surface area contributed by atoms with Gasteiger partial charge in [-0.25, -0.2) is 8.78 Å². The lowest BCUT2D eigenvalue weighted by atomic mass is 9.63. The second-order valence-corrected chi connectivity index (χ2v) is 13.1. The summed E-state index contributed by atoms with van der Waals surface area (Å²) < 4.78 is 28.6. The molecule has 8 heteroatoms. The molecule has 0 fully saturated rings. The number of nitrogens with two attached hydrogens (primary N) is 1. The molecule has 0 saturated carbocycles. The lowest BCUT2D eigenvalue weighted by molar-refractivity contribution is -0.132. The Morgan fingerprint density at radius 2 is 1.61 bits per heavy atom. The zero-order valence-corrected chi connectivity index (χ0v) is 27.0. The number of carbonyl (C=O) groups is 2. The van der Waals surface area contributed by atoms with Gasteiger partial charge in [-0.1, -0.05) is 76.6 Å². The van der Waals surface area contributed by atoms with Crippen molar-refractivity contribution in [1.29, 1.82) is 0 Å². The molecule has 0 saturated heterocycles. The molecule has 44 heavy (non-hydrogen) atoms. The Labute approximate surface area is 261 Å². The lowest BCUT2D eigenvalue weighted by Crippen LogP contribution is -2.52. The number of rotatable bonds is 15. The molecule has 0 radical (unpaired) electrons. The van der Waals surface area contributed by atoms with Crippen LogP contribution < -0.4 is 11.1 Å². The van der Waals surface area contributed by atoms with Crippen LogP contribution in [0, 0.1) is 34.8 Å². The van der Waals surface area contributed by atoms with Crippen LogP contribution in [0.2, 0.25) is 0 Å². The van der Waals surface area contributed by atoms with Gasteiger partial charge >= 0.3 is 0 Å². The van der Waals surface area contributed by atoms with Gasteiger partial charge in [-0.05, 0) is 66.8 Å². The highest BCUT2D eigenvalue weighted by Gasteiger charge is 2.48. The number of allylic oxidation sites excluding steroid dienone is 2. The van der Waals surface area contributed by atoms with Crippen molar-refractivity contribution in [2.75, 3.05) is 19.6 Å². The highest BCUT2D eigenvalue weighted by molar-refractivity contribution is 5.97. The Hall–Kier alpha value is -3.36. The predicted octanol–water partition coefficient (Wildman–Crippen LogP) is 5.73. The first-order valence-electron chi connectivity index (χ1n) is 15.6. The van der Waals surface area contributed by atoms with E-state index in [2.05, 4.69) is 24.4 Å². The first-order valence-corrected chi connectivity index (χ1v) is 15.6. The third-order valence-electron chi connectivity index (χ3n) is 8.15. The van der Waals surface area contributed by atoms with Crippen molar-refractivity contribution in [1.82, 2.24) is 10.2 Å². The number of carbonyl (C=O) groups excluding carboxylic acids is 2. The van der Waals surface area contributed by atoms with Crippen molar-refractivity contribution < 1.29 is 23.5 Å². The van der Waals surface area contributed by atoms with Crippen LogP contribution in [0.25, 0.3) is 0 Å². The van der Waals surface area contributed by atoms with E-state index in [-0.39, 0.29) is 42.7 Å². The average Bonchev–Trinajstić information content (AvgIpc) is 2.93. The molecule has 0 aromatic heterocycles. The largest absolute Gasteiger partial charge is 0.391 e. The summed E-state index contributed by atoms with van der Waals surface area (Å²) in [6, 6.07) is 11.3. The van der Waals surface area contributed by atoms with Gasteiger partial charge in [0.2, 0.25) is 11.8 Å². The van der Waals surface area contributed by atoms with Crippen LogP contribution in [0.15, 0.2) is 65.8 Å². The Bertz CT molecular complexity index is 1340. The molecule has 1 aliphatic carbocycles. The Balaban J connectivity index is 1.99. The molecule has 1 aliphatic rings.